The van der Waals surface area contributed by atoms with E-state index in [1.165, 1.54) is 6.20 Å². The summed E-state index contributed by atoms with van der Waals surface area (Å²) >= 11 is 1.92. The van der Waals surface area contributed by atoms with Crippen molar-refractivity contribution in [3.05, 3.63) is 21.9 Å². The van der Waals surface area contributed by atoms with Gasteiger partial charge in [-0.3, -0.25) is 4.99 Å². The first-order valence-corrected chi connectivity index (χ1v) is 3.42. The number of halogens is 2. The van der Waals surface area contributed by atoms with Crippen molar-refractivity contribution in [3.63, 3.8) is 0 Å². The average molecular weight is 239 g/mol. The van der Waals surface area contributed by atoms with Crippen LogP contribution in [-0.2, 0) is 0 Å². The number of hydrogen-bond donors (Lipinski definition) is 0. The molecule has 9 heavy (non-hydrogen) atoms. The van der Waals surface area contributed by atoms with Crippen LogP contribution in [0.25, 0.3) is 0 Å². The van der Waals surface area contributed by atoms with Gasteiger partial charge in [0.1, 0.15) is 6.67 Å². The lowest BCUT2D eigenvalue weighted by molar-refractivity contribution is 0.559. The second kappa shape index (κ2) is 5.94. The molecule has 0 aliphatic heterocycles. The van der Waals surface area contributed by atoms with Gasteiger partial charge in [0.25, 0.3) is 0 Å². The largest absolute Gasteiger partial charge is 0.273 e. The first-order valence-electron chi connectivity index (χ1n) is 2.34. The van der Waals surface area contributed by atoms with E-state index in [1.807, 2.05) is 22.6 Å². The van der Waals surface area contributed by atoms with Crippen molar-refractivity contribution in [2.24, 2.45) is 4.99 Å². The van der Waals surface area contributed by atoms with Crippen LogP contribution in [0, 0.1) is 0 Å². The number of nitrogens with zero attached hydrogens (tertiary/aromatic N) is 1. The quantitative estimate of drug-likeness (QED) is 0.407. The van der Waals surface area contributed by atoms with Gasteiger partial charge in [-0.2, -0.15) is 0 Å². The van der Waals surface area contributed by atoms with Gasteiger partial charge in [-0.25, -0.2) is 4.39 Å². The number of aliphatic imine (C=N–C) groups is 1. The van der Waals surface area contributed by atoms with Gasteiger partial charge in [0.2, 0.25) is 0 Å². The summed E-state index contributed by atoms with van der Waals surface area (Å²) < 4.78 is 12.3. The number of rotatable bonds is 3. The maximum atomic E-state index is 11.7. The van der Waals surface area contributed by atoms with E-state index in [0.717, 1.165) is 0 Å². The molecule has 0 aliphatic carbocycles. The number of allylic oxidation sites excluding steroid dienone is 3. The van der Waals surface area contributed by atoms with Crippen LogP contribution in [0.3, 0.4) is 0 Å². The lowest BCUT2D eigenvalue weighted by Gasteiger charge is -1.81. The molecule has 0 aromatic rings. The molecule has 0 bridgehead atoms. The Morgan fingerprint density at radius 2 is 2.44 bits per heavy atom. The minimum Gasteiger partial charge on any atom is -0.273 e. The topological polar surface area (TPSA) is 12.4 Å². The molecule has 0 saturated carbocycles. The summed E-state index contributed by atoms with van der Waals surface area (Å²) in [5, 5.41) is 0. The Kier molecular flexibility index (Phi) is 5.81. The smallest absolute Gasteiger partial charge is 0.120 e. The molecule has 0 aliphatic rings. The first kappa shape index (κ1) is 8.81. The van der Waals surface area contributed by atoms with Crippen LogP contribution in [0.1, 0.15) is 0 Å². The molecular formula is C6H7FIN. The Balaban J connectivity index is 3.67. The molecule has 1 nitrogen and oxygen atoms in total. The highest BCUT2D eigenvalue weighted by atomic mass is 127. The average Bonchev–Trinajstić information content (AvgIpc) is 1.89. The maximum Gasteiger partial charge on any atom is 0.120 e. The van der Waals surface area contributed by atoms with E-state index in [1.54, 1.807) is 12.2 Å². The minimum atomic E-state index is -0.415. The predicted molar refractivity (Wildman–Crippen MR) is 46.8 cm³/mol. The van der Waals surface area contributed by atoms with Crippen LogP contribution in [0.5, 0.6) is 0 Å². The highest BCUT2D eigenvalue weighted by Gasteiger charge is 1.82. The molecule has 0 fully saturated rings. The molecule has 0 aromatic heterocycles. The third-order valence-electron chi connectivity index (χ3n) is 0.596. The van der Waals surface area contributed by atoms with E-state index < -0.39 is 6.67 Å². The van der Waals surface area contributed by atoms with Gasteiger partial charge in [-0.05, 0) is 41.5 Å². The van der Waals surface area contributed by atoms with Gasteiger partial charge in [0.15, 0.2) is 0 Å². The third kappa shape index (κ3) is 5.68. The second-order valence-corrected chi connectivity index (χ2v) is 2.66. The molecule has 0 rings (SSSR count). The lowest BCUT2D eigenvalue weighted by atomic mass is 10.5. The van der Waals surface area contributed by atoms with Crippen molar-refractivity contribution in [1.82, 2.24) is 0 Å². The molecule has 0 saturated heterocycles. The van der Waals surface area contributed by atoms with Gasteiger partial charge < -0.3 is 0 Å². The van der Waals surface area contributed by atoms with Gasteiger partial charge in [-0.1, -0.05) is 0 Å². The maximum absolute atomic E-state index is 11.7. The van der Waals surface area contributed by atoms with Crippen LogP contribution in [0.15, 0.2) is 26.9 Å². The molecule has 50 valence electrons. The van der Waals surface area contributed by atoms with Crippen molar-refractivity contribution < 1.29 is 4.39 Å². The van der Waals surface area contributed by atoms with E-state index in [9.17, 15) is 4.39 Å². The summed E-state index contributed by atoms with van der Waals surface area (Å²) in [4.78, 5) is 3.44. The molecule has 0 N–H and O–H groups in total. The van der Waals surface area contributed by atoms with E-state index in [2.05, 4.69) is 11.7 Å². The molecule has 0 radical (unpaired) electrons. The van der Waals surface area contributed by atoms with E-state index in [4.69, 9.17) is 0 Å². The summed E-state index contributed by atoms with van der Waals surface area (Å²) in [6.07, 6.45) is 4.80. The van der Waals surface area contributed by atoms with Crippen molar-refractivity contribution in [3.8, 4) is 0 Å². The summed E-state index contributed by atoms with van der Waals surface area (Å²) in [5.74, 6) is 0. The summed E-state index contributed by atoms with van der Waals surface area (Å²) in [6, 6.07) is 0. The molecule has 0 unspecified atom stereocenters. The number of alkyl halides is 1. The zero-order valence-corrected chi connectivity index (χ0v) is 7.01. The van der Waals surface area contributed by atoms with E-state index >= 15 is 0 Å². The molecule has 0 spiro atoms. The van der Waals surface area contributed by atoms with Crippen LogP contribution in [0.4, 0.5) is 4.39 Å². The molecule has 0 heterocycles. The normalized spacial score (nSPS) is 12.4. The van der Waals surface area contributed by atoms with E-state index in [-0.39, 0.29) is 0 Å². The van der Waals surface area contributed by atoms with Gasteiger partial charge in [-0.15, -0.1) is 0 Å². The second-order valence-electron chi connectivity index (χ2n) is 1.27. The first-order chi connectivity index (χ1) is 4.31. The Morgan fingerprint density at radius 3 is 2.89 bits per heavy atom. The van der Waals surface area contributed by atoms with E-state index in [0.29, 0.717) is 3.58 Å². The van der Waals surface area contributed by atoms with Crippen LogP contribution in [-0.4, -0.2) is 13.4 Å². The van der Waals surface area contributed by atoms with Crippen LogP contribution < -0.4 is 0 Å². The molecule has 0 amide bonds. The van der Waals surface area contributed by atoms with Crippen LogP contribution >= 0.6 is 22.6 Å². The summed E-state index contributed by atoms with van der Waals surface area (Å²) in [6.45, 7) is 2.81. The van der Waals surface area contributed by atoms with Crippen molar-refractivity contribution in [2.75, 3.05) is 6.67 Å². The van der Waals surface area contributed by atoms with Gasteiger partial charge in [0.05, 0.1) is 0 Å². The third-order valence-corrected chi connectivity index (χ3v) is 1.24. The fraction of sp³-hybridized carbons (Fsp3) is 0.167. The Bertz CT molecular complexity index is 140. The molecule has 0 atom stereocenters. The number of hydrogen-bond acceptors (Lipinski definition) is 1. The standard InChI is InChI=1S/C6H7FIN/c1-9-4-2-3-6(8)5-7/h2-4H,1,5H2/b4-2-,6-3+. The highest BCUT2D eigenvalue weighted by molar-refractivity contribution is 14.1. The van der Waals surface area contributed by atoms with Gasteiger partial charge >= 0.3 is 0 Å². The molecular weight excluding hydrogens is 232 g/mol. The summed E-state index contributed by atoms with van der Waals surface area (Å²) in [7, 11) is 0. The zero-order valence-electron chi connectivity index (χ0n) is 4.85. The zero-order chi connectivity index (χ0) is 7.11. The Labute approximate surface area is 67.5 Å². The fourth-order valence-corrected chi connectivity index (χ4v) is 0.460. The monoisotopic (exact) mass is 239 g/mol. The lowest BCUT2D eigenvalue weighted by Crippen LogP contribution is -1.68. The summed E-state index contributed by atoms with van der Waals surface area (Å²) in [5.41, 5.74) is 0. The minimum absolute atomic E-state index is 0.415. The fourth-order valence-electron chi connectivity index (χ4n) is 0.253. The SMILES string of the molecule is C=N/C=C\C=C(\I)CF. The van der Waals surface area contributed by atoms with Crippen molar-refractivity contribution in [2.45, 2.75) is 0 Å². The molecule has 3 heteroatoms. The van der Waals surface area contributed by atoms with Crippen LogP contribution in [0.2, 0.25) is 0 Å². The Hall–Kier alpha value is -0.190. The van der Waals surface area contributed by atoms with Crippen molar-refractivity contribution in [1.29, 1.82) is 0 Å². The van der Waals surface area contributed by atoms with Gasteiger partial charge in [0, 0.05) is 9.78 Å². The highest BCUT2D eigenvalue weighted by Crippen LogP contribution is 2.05. The Morgan fingerprint density at radius 1 is 1.78 bits per heavy atom. The van der Waals surface area contributed by atoms with Crippen molar-refractivity contribution >= 4 is 29.3 Å². The predicted octanol–water partition coefficient (Wildman–Crippen LogP) is 2.49. The molecule has 0 aromatic carbocycles.